The highest BCUT2D eigenvalue weighted by Crippen LogP contribution is 2.19. The van der Waals surface area contributed by atoms with Crippen LogP contribution in [0.25, 0.3) is 0 Å². The number of amides is 1. The van der Waals surface area contributed by atoms with Crippen molar-refractivity contribution in [2.24, 2.45) is 0 Å². The van der Waals surface area contributed by atoms with E-state index < -0.39 is 17.5 Å². The predicted molar refractivity (Wildman–Crippen MR) is 69.9 cm³/mol. The molecule has 0 radical (unpaired) electrons. The smallest absolute Gasteiger partial charge is 0.254 e. The van der Waals surface area contributed by atoms with Crippen molar-refractivity contribution < 1.29 is 13.6 Å². The van der Waals surface area contributed by atoms with Gasteiger partial charge < -0.3 is 5.32 Å². The molecule has 0 spiro atoms. The number of carbonyl (C=O) groups is 1. The lowest BCUT2D eigenvalue weighted by molar-refractivity contribution is 0.0949. The Kier molecular flexibility index (Phi) is 4.66. The van der Waals surface area contributed by atoms with Crippen LogP contribution in [0.15, 0.2) is 29.8 Å². The van der Waals surface area contributed by atoms with Gasteiger partial charge in [0.15, 0.2) is 0 Å². The first kappa shape index (κ1) is 13.7. The van der Waals surface area contributed by atoms with Crippen molar-refractivity contribution in [1.29, 1.82) is 0 Å². The molecular weight excluding hydrogens is 248 g/mol. The van der Waals surface area contributed by atoms with E-state index in [0.29, 0.717) is 6.54 Å². The Morgan fingerprint density at radius 1 is 1.26 bits per heavy atom. The van der Waals surface area contributed by atoms with Crippen molar-refractivity contribution in [1.82, 2.24) is 5.32 Å². The average Bonchev–Trinajstić information content (AvgIpc) is 2.42. The lowest BCUT2D eigenvalue weighted by atomic mass is 9.97. The van der Waals surface area contributed by atoms with Crippen LogP contribution < -0.4 is 5.32 Å². The molecule has 0 aromatic heterocycles. The number of carbonyl (C=O) groups excluding carboxylic acids is 1. The molecule has 1 aromatic rings. The van der Waals surface area contributed by atoms with E-state index in [4.69, 9.17) is 0 Å². The van der Waals surface area contributed by atoms with E-state index in [-0.39, 0.29) is 5.56 Å². The van der Waals surface area contributed by atoms with Gasteiger partial charge in [0, 0.05) is 6.54 Å². The summed E-state index contributed by atoms with van der Waals surface area (Å²) in [6.45, 7) is 0.459. The van der Waals surface area contributed by atoms with Crippen LogP contribution in [0.5, 0.6) is 0 Å². The van der Waals surface area contributed by atoms with Gasteiger partial charge in [-0.25, -0.2) is 8.78 Å². The van der Waals surface area contributed by atoms with E-state index in [1.807, 2.05) is 0 Å². The lowest BCUT2D eigenvalue weighted by Crippen LogP contribution is -2.26. The van der Waals surface area contributed by atoms with E-state index in [2.05, 4.69) is 11.4 Å². The highest BCUT2D eigenvalue weighted by Gasteiger charge is 2.12. The number of nitrogens with one attached hydrogen (secondary N) is 1. The van der Waals surface area contributed by atoms with Gasteiger partial charge in [0.05, 0.1) is 5.56 Å². The van der Waals surface area contributed by atoms with Crippen LogP contribution in [0.1, 0.15) is 42.5 Å². The van der Waals surface area contributed by atoms with Crippen LogP contribution in [0.4, 0.5) is 8.78 Å². The average molecular weight is 265 g/mol. The Morgan fingerprint density at radius 3 is 2.84 bits per heavy atom. The lowest BCUT2D eigenvalue weighted by Gasteiger charge is -2.13. The van der Waals surface area contributed by atoms with Gasteiger partial charge in [0.2, 0.25) is 0 Å². The normalized spacial score (nSPS) is 14.9. The van der Waals surface area contributed by atoms with Crippen LogP contribution >= 0.6 is 0 Å². The zero-order valence-corrected chi connectivity index (χ0v) is 10.7. The summed E-state index contributed by atoms with van der Waals surface area (Å²) in [6, 6.07) is 2.89. The number of allylic oxidation sites excluding steroid dienone is 1. The second-order valence-electron chi connectivity index (χ2n) is 4.74. The first-order chi connectivity index (χ1) is 9.16. The molecule has 1 aromatic carbocycles. The van der Waals surface area contributed by atoms with E-state index in [9.17, 15) is 13.6 Å². The van der Waals surface area contributed by atoms with Crippen molar-refractivity contribution in [2.75, 3.05) is 6.54 Å². The number of halogens is 2. The molecular formula is C15H17F2NO. The summed E-state index contributed by atoms with van der Waals surface area (Å²) < 4.78 is 26.3. The number of hydrogen-bond acceptors (Lipinski definition) is 1. The summed E-state index contributed by atoms with van der Waals surface area (Å²) in [4.78, 5) is 11.7. The number of rotatable bonds is 4. The second kappa shape index (κ2) is 6.45. The van der Waals surface area contributed by atoms with Gasteiger partial charge in [-0.2, -0.15) is 0 Å². The maximum Gasteiger partial charge on any atom is 0.254 e. The van der Waals surface area contributed by atoms with Crippen LogP contribution in [0.2, 0.25) is 0 Å². The number of benzene rings is 1. The fraction of sp³-hybridized carbons (Fsp3) is 0.400. The van der Waals surface area contributed by atoms with Crippen molar-refractivity contribution in [3.05, 3.63) is 47.0 Å². The molecule has 0 atom stereocenters. The molecule has 0 fully saturated rings. The molecule has 0 saturated heterocycles. The van der Waals surface area contributed by atoms with Gasteiger partial charge in [-0.15, -0.1) is 0 Å². The van der Waals surface area contributed by atoms with Crippen molar-refractivity contribution in [3.63, 3.8) is 0 Å². The summed E-state index contributed by atoms with van der Waals surface area (Å²) in [7, 11) is 0. The minimum Gasteiger partial charge on any atom is -0.352 e. The van der Waals surface area contributed by atoms with Crippen LogP contribution in [0.3, 0.4) is 0 Å². The van der Waals surface area contributed by atoms with Gasteiger partial charge in [0.1, 0.15) is 11.6 Å². The third kappa shape index (κ3) is 3.88. The van der Waals surface area contributed by atoms with Gasteiger partial charge in [0.25, 0.3) is 5.91 Å². The molecule has 1 N–H and O–H groups in total. The monoisotopic (exact) mass is 265 g/mol. The molecule has 0 heterocycles. The Hall–Kier alpha value is -1.71. The standard InChI is InChI=1S/C15H17F2NO/c16-12-6-7-14(17)13(10-12)15(19)18-9-8-11-4-2-1-3-5-11/h4,6-7,10H,1-3,5,8-9H2,(H,18,19). The van der Waals surface area contributed by atoms with Crippen LogP contribution in [0, 0.1) is 11.6 Å². The van der Waals surface area contributed by atoms with Crippen molar-refractivity contribution in [3.8, 4) is 0 Å². The Labute approximate surface area is 111 Å². The zero-order chi connectivity index (χ0) is 13.7. The molecule has 1 amide bonds. The van der Waals surface area contributed by atoms with Gasteiger partial charge >= 0.3 is 0 Å². The molecule has 2 rings (SSSR count). The minimum absolute atomic E-state index is 0.238. The summed E-state index contributed by atoms with van der Waals surface area (Å²) in [5, 5.41) is 2.63. The largest absolute Gasteiger partial charge is 0.352 e. The van der Waals surface area contributed by atoms with E-state index in [1.54, 1.807) is 0 Å². The second-order valence-corrected chi connectivity index (χ2v) is 4.74. The molecule has 19 heavy (non-hydrogen) atoms. The van der Waals surface area contributed by atoms with Crippen LogP contribution in [-0.4, -0.2) is 12.5 Å². The summed E-state index contributed by atoms with van der Waals surface area (Å²) in [5.74, 6) is -1.87. The zero-order valence-electron chi connectivity index (χ0n) is 10.7. The maximum atomic E-state index is 13.4. The number of hydrogen-bond donors (Lipinski definition) is 1. The first-order valence-corrected chi connectivity index (χ1v) is 6.58. The van der Waals surface area contributed by atoms with Gasteiger partial charge in [-0.05, 0) is 50.3 Å². The highest BCUT2D eigenvalue weighted by molar-refractivity contribution is 5.94. The van der Waals surface area contributed by atoms with Gasteiger partial charge in [-0.1, -0.05) is 11.6 Å². The molecule has 0 aliphatic heterocycles. The van der Waals surface area contributed by atoms with E-state index in [1.165, 1.54) is 18.4 Å². The summed E-state index contributed by atoms with van der Waals surface area (Å²) >= 11 is 0. The van der Waals surface area contributed by atoms with E-state index >= 15 is 0 Å². The molecule has 0 bridgehead atoms. The SMILES string of the molecule is O=C(NCCC1=CCCCC1)c1cc(F)ccc1F. The highest BCUT2D eigenvalue weighted by atomic mass is 19.1. The topological polar surface area (TPSA) is 29.1 Å². The first-order valence-electron chi connectivity index (χ1n) is 6.58. The Morgan fingerprint density at radius 2 is 2.11 bits per heavy atom. The molecule has 1 aliphatic rings. The molecule has 2 nitrogen and oxygen atoms in total. The Bertz CT molecular complexity index is 497. The van der Waals surface area contributed by atoms with E-state index in [0.717, 1.165) is 37.5 Å². The molecule has 102 valence electrons. The molecule has 4 heteroatoms. The fourth-order valence-corrected chi connectivity index (χ4v) is 2.24. The Balaban J connectivity index is 1.87. The third-order valence-electron chi connectivity index (χ3n) is 3.29. The van der Waals surface area contributed by atoms with Crippen LogP contribution in [-0.2, 0) is 0 Å². The molecule has 0 saturated carbocycles. The fourth-order valence-electron chi connectivity index (χ4n) is 2.24. The summed E-state index contributed by atoms with van der Waals surface area (Å²) in [6.07, 6.45) is 7.58. The quantitative estimate of drug-likeness (QED) is 0.828. The molecule has 0 unspecified atom stereocenters. The third-order valence-corrected chi connectivity index (χ3v) is 3.29. The molecule has 1 aliphatic carbocycles. The summed E-state index contributed by atoms with van der Waals surface area (Å²) in [5.41, 5.74) is 1.10. The predicted octanol–water partition coefficient (Wildman–Crippen LogP) is 3.59. The van der Waals surface area contributed by atoms with Crippen molar-refractivity contribution >= 4 is 5.91 Å². The maximum absolute atomic E-state index is 13.4. The minimum atomic E-state index is -0.698. The van der Waals surface area contributed by atoms with Gasteiger partial charge in [-0.3, -0.25) is 4.79 Å². The van der Waals surface area contributed by atoms with Crippen molar-refractivity contribution in [2.45, 2.75) is 32.1 Å².